The Balaban J connectivity index is 1.91. The maximum atomic E-state index is 12.3. The summed E-state index contributed by atoms with van der Waals surface area (Å²) in [6.07, 6.45) is 6.40. The van der Waals surface area contributed by atoms with Gasteiger partial charge < -0.3 is 10.6 Å². The number of nitrogens with one attached hydrogen (secondary N) is 1. The van der Waals surface area contributed by atoms with Crippen molar-refractivity contribution in [2.75, 3.05) is 19.3 Å². The molecule has 6 nitrogen and oxygen atoms in total. The first-order valence-corrected chi connectivity index (χ1v) is 8.76. The zero-order valence-corrected chi connectivity index (χ0v) is 12.2. The number of hydrogen-bond acceptors (Lipinski definition) is 4. The Kier molecular flexibility index (Phi) is 4.17. The highest BCUT2D eigenvalue weighted by molar-refractivity contribution is 7.88. The first-order chi connectivity index (χ1) is 8.82. The molecule has 0 aromatic rings. The van der Waals surface area contributed by atoms with Gasteiger partial charge in [0.05, 0.1) is 11.8 Å². The lowest BCUT2D eigenvalue weighted by Gasteiger charge is -2.37. The summed E-state index contributed by atoms with van der Waals surface area (Å²) in [5.41, 5.74) is 5.35. The maximum absolute atomic E-state index is 12.3. The van der Waals surface area contributed by atoms with Crippen LogP contribution >= 0.6 is 0 Å². The average Bonchev–Trinajstić information content (AvgIpc) is 3.07. The molecule has 3 N–H and O–H groups in total. The minimum absolute atomic E-state index is 0.0524. The summed E-state index contributed by atoms with van der Waals surface area (Å²) >= 11 is 0. The summed E-state index contributed by atoms with van der Waals surface area (Å²) in [4.78, 5) is 14.2. The number of amides is 1. The van der Waals surface area contributed by atoms with Gasteiger partial charge in [-0.25, -0.2) is 13.1 Å². The van der Waals surface area contributed by atoms with Crippen LogP contribution in [0.25, 0.3) is 0 Å². The lowest BCUT2D eigenvalue weighted by molar-refractivity contribution is -0.137. The van der Waals surface area contributed by atoms with Crippen LogP contribution in [0.2, 0.25) is 0 Å². The third-order valence-electron chi connectivity index (χ3n) is 3.94. The van der Waals surface area contributed by atoms with Gasteiger partial charge in [-0.3, -0.25) is 4.79 Å². The molecule has 0 radical (unpaired) electrons. The fraction of sp³-hybridized carbons (Fsp3) is 0.917. The van der Waals surface area contributed by atoms with Gasteiger partial charge in [-0.05, 0) is 38.5 Å². The first kappa shape index (κ1) is 14.7. The molecule has 2 aliphatic rings. The van der Waals surface area contributed by atoms with Crippen LogP contribution in [0.5, 0.6) is 0 Å². The zero-order valence-electron chi connectivity index (χ0n) is 11.4. The summed E-state index contributed by atoms with van der Waals surface area (Å²) in [5.74, 6) is 0.0524. The minimum Gasteiger partial charge on any atom is -0.338 e. The molecule has 0 aromatic heterocycles. The van der Waals surface area contributed by atoms with Gasteiger partial charge in [-0.2, -0.15) is 0 Å². The summed E-state index contributed by atoms with van der Waals surface area (Å²) in [7, 11) is -3.16. The van der Waals surface area contributed by atoms with Gasteiger partial charge in [-0.1, -0.05) is 0 Å². The van der Waals surface area contributed by atoms with Gasteiger partial charge in [0.25, 0.3) is 0 Å². The van der Waals surface area contributed by atoms with Gasteiger partial charge in [0.1, 0.15) is 0 Å². The number of hydrogen-bond donors (Lipinski definition) is 2. The van der Waals surface area contributed by atoms with E-state index in [2.05, 4.69) is 4.72 Å². The second-order valence-electron chi connectivity index (χ2n) is 5.76. The minimum atomic E-state index is -3.16. The molecule has 0 spiro atoms. The van der Waals surface area contributed by atoms with E-state index in [4.69, 9.17) is 5.73 Å². The Labute approximate surface area is 114 Å². The van der Waals surface area contributed by atoms with Gasteiger partial charge >= 0.3 is 0 Å². The molecular weight excluding hydrogens is 266 g/mol. The van der Waals surface area contributed by atoms with Crippen molar-refractivity contribution in [1.29, 1.82) is 0 Å². The fourth-order valence-electron chi connectivity index (χ4n) is 2.61. The van der Waals surface area contributed by atoms with Crippen LogP contribution in [0.1, 0.15) is 38.5 Å². The van der Waals surface area contributed by atoms with Crippen molar-refractivity contribution in [3.8, 4) is 0 Å². The Morgan fingerprint density at radius 3 is 2.68 bits per heavy atom. The normalized spacial score (nSPS) is 26.2. The highest BCUT2D eigenvalue weighted by Crippen LogP contribution is 2.36. The summed E-state index contributed by atoms with van der Waals surface area (Å²) < 4.78 is 24.6. The number of carbonyl (C=O) groups is 1. The van der Waals surface area contributed by atoms with Crippen LogP contribution in [0.4, 0.5) is 0 Å². The van der Waals surface area contributed by atoms with Crippen molar-refractivity contribution in [3.63, 3.8) is 0 Å². The molecule has 0 bridgehead atoms. The topological polar surface area (TPSA) is 92.5 Å². The molecule has 1 saturated carbocycles. The van der Waals surface area contributed by atoms with Gasteiger partial charge in [0, 0.05) is 19.1 Å². The smallest absolute Gasteiger partial charge is 0.242 e. The molecular formula is C12H23N3O3S. The Morgan fingerprint density at radius 1 is 1.42 bits per heavy atom. The molecule has 7 heteroatoms. The molecule has 19 heavy (non-hydrogen) atoms. The van der Waals surface area contributed by atoms with Crippen molar-refractivity contribution in [2.24, 2.45) is 5.73 Å². The molecule has 0 aromatic carbocycles. The Morgan fingerprint density at radius 2 is 2.11 bits per heavy atom. The highest BCUT2D eigenvalue weighted by Gasteiger charge is 2.49. The van der Waals surface area contributed by atoms with Crippen LogP contribution in [0.15, 0.2) is 0 Å². The third-order valence-corrected chi connectivity index (χ3v) is 4.67. The van der Waals surface area contributed by atoms with Crippen LogP contribution < -0.4 is 10.5 Å². The third kappa shape index (κ3) is 3.90. The standard InChI is InChI=1S/C12H23N3O3S/c1-19(17,18)14-8-5-10-4-2-3-9-15(10)11(16)12(13)6-7-12/h10,14H,2-9,13H2,1H3. The number of likely N-dealkylation sites (tertiary alicyclic amines) is 1. The quantitative estimate of drug-likeness (QED) is 0.733. The van der Waals surface area contributed by atoms with E-state index in [-0.39, 0.29) is 11.9 Å². The number of nitrogens with two attached hydrogens (primary N) is 1. The number of carbonyl (C=O) groups excluding carboxylic acids is 1. The Hall–Kier alpha value is -0.660. The first-order valence-electron chi connectivity index (χ1n) is 6.86. The van der Waals surface area contributed by atoms with E-state index < -0.39 is 15.6 Å². The molecule has 2 rings (SSSR count). The van der Waals surface area contributed by atoms with E-state index in [1.54, 1.807) is 0 Å². The van der Waals surface area contributed by atoms with Crippen LogP contribution in [-0.2, 0) is 14.8 Å². The molecule has 1 amide bonds. The maximum Gasteiger partial charge on any atom is 0.242 e. The lowest BCUT2D eigenvalue weighted by Crippen LogP contribution is -2.52. The van der Waals surface area contributed by atoms with E-state index >= 15 is 0 Å². The average molecular weight is 289 g/mol. The summed E-state index contributed by atoms with van der Waals surface area (Å²) in [5, 5.41) is 0. The molecule has 2 fully saturated rings. The van der Waals surface area contributed by atoms with E-state index in [0.29, 0.717) is 13.0 Å². The van der Waals surface area contributed by atoms with E-state index in [1.165, 1.54) is 0 Å². The zero-order chi connectivity index (χ0) is 14.1. The molecule has 1 saturated heterocycles. The van der Waals surface area contributed by atoms with E-state index in [1.807, 2.05) is 4.90 Å². The van der Waals surface area contributed by atoms with Crippen molar-refractivity contribution in [3.05, 3.63) is 0 Å². The molecule has 1 aliphatic heterocycles. The van der Waals surface area contributed by atoms with Crippen molar-refractivity contribution in [1.82, 2.24) is 9.62 Å². The predicted octanol–water partition coefficient (Wildman–Crippen LogP) is -0.202. The molecule has 1 heterocycles. The number of piperidine rings is 1. The number of nitrogens with zero attached hydrogens (tertiary/aromatic N) is 1. The summed E-state index contributed by atoms with van der Waals surface area (Å²) in [6.45, 7) is 1.13. The molecule has 110 valence electrons. The lowest BCUT2D eigenvalue weighted by atomic mass is 9.98. The van der Waals surface area contributed by atoms with Crippen LogP contribution in [0, 0.1) is 0 Å². The van der Waals surface area contributed by atoms with Crippen LogP contribution in [0.3, 0.4) is 0 Å². The van der Waals surface area contributed by atoms with Crippen LogP contribution in [-0.4, -0.2) is 50.2 Å². The van der Waals surface area contributed by atoms with E-state index in [0.717, 1.165) is 44.9 Å². The fourth-order valence-corrected chi connectivity index (χ4v) is 3.10. The van der Waals surface area contributed by atoms with Gasteiger partial charge in [0.15, 0.2) is 0 Å². The van der Waals surface area contributed by atoms with Crippen molar-refractivity contribution < 1.29 is 13.2 Å². The van der Waals surface area contributed by atoms with E-state index in [9.17, 15) is 13.2 Å². The van der Waals surface area contributed by atoms with Gasteiger partial charge in [-0.15, -0.1) is 0 Å². The SMILES string of the molecule is CS(=O)(=O)NCCC1CCCCN1C(=O)C1(N)CC1. The molecule has 1 aliphatic carbocycles. The largest absolute Gasteiger partial charge is 0.338 e. The van der Waals surface area contributed by atoms with Crippen molar-refractivity contribution in [2.45, 2.75) is 50.1 Å². The highest BCUT2D eigenvalue weighted by atomic mass is 32.2. The summed E-state index contributed by atoms with van der Waals surface area (Å²) in [6, 6.07) is 0.122. The second kappa shape index (κ2) is 5.38. The number of sulfonamides is 1. The molecule has 1 unspecified atom stereocenters. The van der Waals surface area contributed by atoms with Crippen molar-refractivity contribution >= 4 is 15.9 Å². The Bertz CT molecular complexity index is 445. The number of rotatable bonds is 5. The van der Waals surface area contributed by atoms with Gasteiger partial charge in [0.2, 0.25) is 15.9 Å². The molecule has 1 atom stereocenters. The second-order valence-corrected chi connectivity index (χ2v) is 7.59. The predicted molar refractivity (Wildman–Crippen MR) is 73.0 cm³/mol. The monoisotopic (exact) mass is 289 g/mol.